The van der Waals surface area contributed by atoms with Crippen molar-refractivity contribution in [3.8, 4) is 5.75 Å². The highest BCUT2D eigenvalue weighted by Crippen LogP contribution is 2.40. The summed E-state index contributed by atoms with van der Waals surface area (Å²) in [6, 6.07) is 7.26. The zero-order valence-electron chi connectivity index (χ0n) is 15.3. The van der Waals surface area contributed by atoms with Crippen LogP contribution in [0.1, 0.15) is 38.3 Å². The zero-order chi connectivity index (χ0) is 18.7. The van der Waals surface area contributed by atoms with Crippen LogP contribution in [0.2, 0.25) is 5.02 Å². The van der Waals surface area contributed by atoms with Gasteiger partial charge in [-0.2, -0.15) is 4.98 Å². The molecule has 0 aliphatic heterocycles. The van der Waals surface area contributed by atoms with E-state index < -0.39 is 0 Å². The molecule has 1 atom stereocenters. The lowest BCUT2D eigenvalue weighted by molar-refractivity contribution is 0.248. The molecule has 7 heteroatoms. The molecule has 0 bridgehead atoms. The number of hydrogen-bond acceptors (Lipinski definition) is 6. The third-order valence-electron chi connectivity index (χ3n) is 4.48. The third-order valence-corrected chi connectivity index (χ3v) is 4.72. The van der Waals surface area contributed by atoms with Crippen LogP contribution in [0.4, 0.5) is 17.5 Å². The first kappa shape index (κ1) is 18.7. The number of hydrogen-bond donors (Lipinski definition) is 3. The molecular weight excluding hydrogens is 352 g/mol. The van der Waals surface area contributed by atoms with Gasteiger partial charge in [-0.1, -0.05) is 25.4 Å². The summed E-state index contributed by atoms with van der Waals surface area (Å²) in [7, 11) is 1.62. The Bertz CT molecular complexity index is 765. The van der Waals surface area contributed by atoms with Gasteiger partial charge in [0.2, 0.25) is 5.95 Å². The molecule has 0 unspecified atom stereocenters. The second-order valence-electron chi connectivity index (χ2n) is 6.92. The maximum atomic E-state index is 9.59. The lowest BCUT2D eigenvalue weighted by Crippen LogP contribution is -2.30. The molecular formula is C19H25ClN4O2. The van der Waals surface area contributed by atoms with Gasteiger partial charge in [0, 0.05) is 17.0 Å². The number of nitrogens with zero attached hydrogens (tertiary/aromatic N) is 2. The van der Waals surface area contributed by atoms with Crippen molar-refractivity contribution >= 4 is 29.1 Å². The van der Waals surface area contributed by atoms with Gasteiger partial charge in [0.05, 0.1) is 31.1 Å². The Balaban J connectivity index is 1.90. The molecule has 6 nitrogen and oxygen atoms in total. The molecule has 1 heterocycles. The van der Waals surface area contributed by atoms with E-state index in [1.165, 1.54) is 0 Å². The Morgan fingerprint density at radius 3 is 2.65 bits per heavy atom. The molecule has 0 radical (unpaired) electrons. The first-order chi connectivity index (χ1) is 12.5. The normalized spacial score (nSPS) is 15.0. The SMILES string of the molecule is COc1ccc(Cl)cc1Nc1cc(C2CC2)nc(N[C@H](CO)C(C)C)n1. The quantitative estimate of drug-likeness (QED) is 0.641. The van der Waals surface area contributed by atoms with E-state index in [2.05, 4.69) is 34.4 Å². The van der Waals surface area contributed by atoms with Gasteiger partial charge in [0.25, 0.3) is 0 Å². The lowest BCUT2D eigenvalue weighted by atomic mass is 10.1. The smallest absolute Gasteiger partial charge is 0.225 e. The summed E-state index contributed by atoms with van der Waals surface area (Å²) in [5.74, 6) is 2.62. The van der Waals surface area contributed by atoms with E-state index in [9.17, 15) is 5.11 Å². The summed E-state index contributed by atoms with van der Waals surface area (Å²) in [5, 5.41) is 16.7. The molecule has 1 saturated carbocycles. The number of halogens is 1. The molecule has 26 heavy (non-hydrogen) atoms. The predicted octanol–water partition coefficient (Wildman–Crippen LogP) is 4.19. The molecule has 0 saturated heterocycles. The van der Waals surface area contributed by atoms with Crippen LogP contribution < -0.4 is 15.4 Å². The zero-order valence-corrected chi connectivity index (χ0v) is 16.0. The van der Waals surface area contributed by atoms with Gasteiger partial charge >= 0.3 is 0 Å². The van der Waals surface area contributed by atoms with E-state index in [-0.39, 0.29) is 18.6 Å². The standard InChI is InChI=1S/C19H25ClN4O2/c1-11(2)16(10-25)23-19-22-14(12-4-5-12)9-18(24-19)21-15-8-13(20)6-7-17(15)26-3/h6-9,11-12,16,25H,4-5,10H2,1-3H3,(H2,21,22,23,24)/t16-/m1/s1. The van der Waals surface area contributed by atoms with E-state index in [4.69, 9.17) is 16.3 Å². The fourth-order valence-corrected chi connectivity index (χ4v) is 2.86. The van der Waals surface area contributed by atoms with Crippen LogP contribution in [0.5, 0.6) is 5.75 Å². The highest BCUT2D eigenvalue weighted by Gasteiger charge is 2.27. The number of aliphatic hydroxyl groups excluding tert-OH is 1. The summed E-state index contributed by atoms with van der Waals surface area (Å²) in [4.78, 5) is 9.21. The minimum Gasteiger partial charge on any atom is -0.495 e. The number of ether oxygens (including phenoxy) is 1. The second-order valence-corrected chi connectivity index (χ2v) is 7.36. The monoisotopic (exact) mass is 376 g/mol. The molecule has 2 aromatic rings. The minimum absolute atomic E-state index is 0.0273. The number of rotatable bonds is 8. The molecule has 1 aromatic carbocycles. The van der Waals surface area contributed by atoms with Gasteiger partial charge in [-0.3, -0.25) is 0 Å². The molecule has 0 amide bonds. The van der Waals surface area contributed by atoms with Gasteiger partial charge in [-0.05, 0) is 37.0 Å². The lowest BCUT2D eigenvalue weighted by Gasteiger charge is -2.21. The molecule has 1 aliphatic carbocycles. The van der Waals surface area contributed by atoms with Crippen molar-refractivity contribution in [2.45, 2.75) is 38.6 Å². The van der Waals surface area contributed by atoms with Crippen LogP contribution in [-0.4, -0.2) is 34.8 Å². The number of aromatic nitrogens is 2. The Kier molecular flexibility index (Phi) is 5.84. The van der Waals surface area contributed by atoms with Gasteiger partial charge in [-0.15, -0.1) is 0 Å². The van der Waals surface area contributed by atoms with E-state index in [0.29, 0.717) is 28.5 Å². The van der Waals surface area contributed by atoms with Crippen LogP contribution in [0.3, 0.4) is 0 Å². The number of benzene rings is 1. The van der Waals surface area contributed by atoms with Crippen LogP contribution in [0.15, 0.2) is 24.3 Å². The minimum atomic E-state index is -0.0991. The van der Waals surface area contributed by atoms with Crippen molar-refractivity contribution < 1.29 is 9.84 Å². The highest BCUT2D eigenvalue weighted by molar-refractivity contribution is 6.31. The Labute approximate surface area is 159 Å². The predicted molar refractivity (Wildman–Crippen MR) is 105 cm³/mol. The summed E-state index contributed by atoms with van der Waals surface area (Å²) in [5.41, 5.74) is 1.75. The average Bonchev–Trinajstić information content (AvgIpc) is 3.44. The van der Waals surface area contributed by atoms with Crippen LogP contribution in [-0.2, 0) is 0 Å². The van der Waals surface area contributed by atoms with E-state index in [1.54, 1.807) is 19.2 Å². The molecule has 0 spiro atoms. The van der Waals surface area contributed by atoms with E-state index >= 15 is 0 Å². The maximum absolute atomic E-state index is 9.59. The van der Waals surface area contributed by atoms with Gasteiger partial charge in [0.15, 0.2) is 0 Å². The molecule has 1 aromatic heterocycles. The van der Waals surface area contributed by atoms with Crippen molar-refractivity contribution in [2.75, 3.05) is 24.4 Å². The summed E-state index contributed by atoms with van der Waals surface area (Å²) < 4.78 is 5.39. The molecule has 3 N–H and O–H groups in total. The van der Waals surface area contributed by atoms with Crippen molar-refractivity contribution in [1.29, 1.82) is 0 Å². The fraction of sp³-hybridized carbons (Fsp3) is 0.474. The Morgan fingerprint density at radius 1 is 1.27 bits per heavy atom. The number of anilines is 3. The van der Waals surface area contributed by atoms with Crippen molar-refractivity contribution in [3.05, 3.63) is 35.0 Å². The average molecular weight is 377 g/mol. The Morgan fingerprint density at radius 2 is 2.04 bits per heavy atom. The summed E-state index contributed by atoms with van der Waals surface area (Å²) in [6.07, 6.45) is 2.29. The third kappa shape index (κ3) is 4.56. The summed E-state index contributed by atoms with van der Waals surface area (Å²) >= 11 is 6.12. The van der Waals surface area contributed by atoms with Crippen molar-refractivity contribution in [3.63, 3.8) is 0 Å². The molecule has 1 aliphatic rings. The highest BCUT2D eigenvalue weighted by atomic mass is 35.5. The fourth-order valence-electron chi connectivity index (χ4n) is 2.69. The molecule has 1 fully saturated rings. The molecule has 3 rings (SSSR count). The van der Waals surface area contributed by atoms with Crippen LogP contribution in [0, 0.1) is 5.92 Å². The van der Waals surface area contributed by atoms with Crippen molar-refractivity contribution in [1.82, 2.24) is 9.97 Å². The van der Waals surface area contributed by atoms with Gasteiger partial charge in [0.1, 0.15) is 11.6 Å². The van der Waals surface area contributed by atoms with Crippen molar-refractivity contribution in [2.24, 2.45) is 5.92 Å². The van der Waals surface area contributed by atoms with Crippen LogP contribution in [0.25, 0.3) is 0 Å². The van der Waals surface area contributed by atoms with E-state index in [1.807, 2.05) is 12.1 Å². The van der Waals surface area contributed by atoms with Gasteiger partial charge < -0.3 is 20.5 Å². The van der Waals surface area contributed by atoms with E-state index in [0.717, 1.165) is 24.2 Å². The topological polar surface area (TPSA) is 79.3 Å². The maximum Gasteiger partial charge on any atom is 0.225 e. The number of nitrogens with one attached hydrogen (secondary N) is 2. The molecule has 140 valence electrons. The number of aliphatic hydroxyl groups is 1. The first-order valence-electron chi connectivity index (χ1n) is 8.87. The first-order valence-corrected chi connectivity index (χ1v) is 9.25. The van der Waals surface area contributed by atoms with Gasteiger partial charge in [-0.25, -0.2) is 4.98 Å². The largest absolute Gasteiger partial charge is 0.495 e. The second kappa shape index (κ2) is 8.10. The Hall–Kier alpha value is -2.05. The summed E-state index contributed by atoms with van der Waals surface area (Å²) in [6.45, 7) is 4.13. The number of methoxy groups -OCH3 is 1. The van der Waals surface area contributed by atoms with Crippen LogP contribution >= 0.6 is 11.6 Å².